The molecule has 1 saturated heterocycles. The van der Waals surface area contributed by atoms with Gasteiger partial charge in [-0.15, -0.1) is 0 Å². The maximum Gasteiger partial charge on any atom is 0.127 e. The van der Waals surface area contributed by atoms with Gasteiger partial charge in [0, 0.05) is 16.6 Å². The number of hydrogen-bond acceptors (Lipinski definition) is 1. The van der Waals surface area contributed by atoms with E-state index in [2.05, 4.69) is 20.8 Å². The van der Waals surface area contributed by atoms with Gasteiger partial charge in [-0.25, -0.2) is 4.39 Å². The molecular formula is C10H11BrFN. The highest BCUT2D eigenvalue weighted by Crippen LogP contribution is 2.19. The van der Waals surface area contributed by atoms with E-state index < -0.39 is 0 Å². The lowest BCUT2D eigenvalue weighted by Crippen LogP contribution is -2.36. The average molecular weight is 244 g/mol. The second-order valence-corrected chi connectivity index (χ2v) is 4.28. The molecule has 1 aromatic carbocycles. The highest BCUT2D eigenvalue weighted by Gasteiger charge is 2.15. The molecule has 3 heteroatoms. The first-order chi connectivity index (χ1) is 6.25. The molecule has 0 radical (unpaired) electrons. The second-order valence-electron chi connectivity index (χ2n) is 3.37. The predicted octanol–water partition coefficient (Wildman–Crippen LogP) is 2.79. The fraction of sp³-hybridized carbons (Fsp3) is 0.400. The number of rotatable bonds is 2. The molecule has 1 aromatic rings. The SMILES string of the molecule is Fc1ccc(Br)cc1CN1CCC1. The Bertz CT molecular complexity index is 310. The summed E-state index contributed by atoms with van der Waals surface area (Å²) in [6.07, 6.45) is 1.25. The quantitative estimate of drug-likeness (QED) is 0.773. The molecule has 0 saturated carbocycles. The fourth-order valence-electron chi connectivity index (χ4n) is 1.45. The zero-order valence-electron chi connectivity index (χ0n) is 7.26. The summed E-state index contributed by atoms with van der Waals surface area (Å²) in [5, 5.41) is 0. The molecule has 0 atom stereocenters. The maximum absolute atomic E-state index is 13.2. The Kier molecular flexibility index (Phi) is 2.65. The van der Waals surface area contributed by atoms with Crippen LogP contribution in [-0.4, -0.2) is 18.0 Å². The second kappa shape index (κ2) is 3.76. The van der Waals surface area contributed by atoms with Gasteiger partial charge in [0.1, 0.15) is 5.82 Å². The molecule has 2 rings (SSSR count). The van der Waals surface area contributed by atoms with E-state index >= 15 is 0 Å². The summed E-state index contributed by atoms with van der Waals surface area (Å²) in [4.78, 5) is 2.24. The number of likely N-dealkylation sites (tertiary alicyclic amines) is 1. The molecule has 1 fully saturated rings. The summed E-state index contributed by atoms with van der Waals surface area (Å²) in [6, 6.07) is 5.10. The molecular weight excluding hydrogens is 233 g/mol. The van der Waals surface area contributed by atoms with Crippen molar-refractivity contribution in [1.29, 1.82) is 0 Å². The lowest BCUT2D eigenvalue weighted by atomic mass is 10.1. The Morgan fingerprint density at radius 3 is 2.77 bits per heavy atom. The molecule has 0 bridgehead atoms. The van der Waals surface area contributed by atoms with Crippen molar-refractivity contribution in [1.82, 2.24) is 4.90 Å². The van der Waals surface area contributed by atoms with Crippen LogP contribution in [0.1, 0.15) is 12.0 Å². The van der Waals surface area contributed by atoms with Gasteiger partial charge in [0.2, 0.25) is 0 Å². The van der Waals surface area contributed by atoms with Gasteiger partial charge in [0.15, 0.2) is 0 Å². The van der Waals surface area contributed by atoms with Gasteiger partial charge in [0.25, 0.3) is 0 Å². The first kappa shape index (κ1) is 9.16. The van der Waals surface area contributed by atoms with Gasteiger partial charge in [-0.05, 0) is 37.7 Å². The summed E-state index contributed by atoms with van der Waals surface area (Å²) >= 11 is 3.34. The van der Waals surface area contributed by atoms with Crippen molar-refractivity contribution in [2.24, 2.45) is 0 Å². The van der Waals surface area contributed by atoms with Crippen LogP contribution in [0.15, 0.2) is 22.7 Å². The molecule has 0 unspecified atom stereocenters. The highest BCUT2D eigenvalue weighted by atomic mass is 79.9. The van der Waals surface area contributed by atoms with Gasteiger partial charge in [0.05, 0.1) is 0 Å². The standard InChI is InChI=1S/C10H11BrFN/c11-9-2-3-10(12)8(6-9)7-13-4-1-5-13/h2-3,6H,1,4-5,7H2. The van der Waals surface area contributed by atoms with E-state index in [1.165, 1.54) is 12.5 Å². The molecule has 1 nitrogen and oxygen atoms in total. The monoisotopic (exact) mass is 243 g/mol. The third-order valence-corrected chi connectivity index (χ3v) is 2.84. The Hall–Kier alpha value is -0.410. The first-order valence-electron chi connectivity index (χ1n) is 4.42. The van der Waals surface area contributed by atoms with E-state index in [0.29, 0.717) is 0 Å². The van der Waals surface area contributed by atoms with Gasteiger partial charge < -0.3 is 0 Å². The molecule has 0 aliphatic carbocycles. The number of hydrogen-bond donors (Lipinski definition) is 0. The first-order valence-corrected chi connectivity index (χ1v) is 5.21. The van der Waals surface area contributed by atoms with Crippen LogP contribution in [0.2, 0.25) is 0 Å². The highest BCUT2D eigenvalue weighted by molar-refractivity contribution is 9.10. The summed E-state index contributed by atoms with van der Waals surface area (Å²) in [6.45, 7) is 2.95. The van der Waals surface area contributed by atoms with Crippen molar-refractivity contribution < 1.29 is 4.39 Å². The molecule has 1 aliphatic heterocycles. The van der Waals surface area contributed by atoms with Crippen LogP contribution in [0.3, 0.4) is 0 Å². The zero-order valence-corrected chi connectivity index (χ0v) is 8.85. The third-order valence-electron chi connectivity index (χ3n) is 2.35. The van der Waals surface area contributed by atoms with Gasteiger partial charge in [-0.3, -0.25) is 4.90 Å². The van der Waals surface area contributed by atoms with E-state index in [4.69, 9.17) is 0 Å². The average Bonchev–Trinajstić information content (AvgIpc) is 2.03. The van der Waals surface area contributed by atoms with Gasteiger partial charge >= 0.3 is 0 Å². The van der Waals surface area contributed by atoms with Crippen LogP contribution in [0, 0.1) is 5.82 Å². The molecule has 1 aliphatic rings. The van der Waals surface area contributed by atoms with Crippen LogP contribution in [0.4, 0.5) is 4.39 Å². The van der Waals surface area contributed by atoms with Crippen molar-refractivity contribution in [2.75, 3.05) is 13.1 Å². The van der Waals surface area contributed by atoms with Crippen LogP contribution in [-0.2, 0) is 6.54 Å². The smallest absolute Gasteiger partial charge is 0.127 e. The molecule has 0 spiro atoms. The number of halogens is 2. The van der Waals surface area contributed by atoms with E-state index in [1.54, 1.807) is 6.07 Å². The summed E-state index contributed by atoms with van der Waals surface area (Å²) in [5.41, 5.74) is 0.786. The summed E-state index contributed by atoms with van der Waals surface area (Å²) in [7, 11) is 0. The van der Waals surface area contributed by atoms with Crippen molar-refractivity contribution in [2.45, 2.75) is 13.0 Å². The Balaban J connectivity index is 2.13. The molecule has 13 heavy (non-hydrogen) atoms. The van der Waals surface area contributed by atoms with Crippen LogP contribution in [0.5, 0.6) is 0 Å². The van der Waals surface area contributed by atoms with Crippen LogP contribution < -0.4 is 0 Å². The van der Waals surface area contributed by atoms with E-state index in [-0.39, 0.29) is 5.82 Å². The largest absolute Gasteiger partial charge is 0.299 e. The Labute approximate surface area is 85.7 Å². The van der Waals surface area contributed by atoms with Gasteiger partial charge in [-0.1, -0.05) is 15.9 Å². The van der Waals surface area contributed by atoms with Crippen molar-refractivity contribution in [3.63, 3.8) is 0 Å². The topological polar surface area (TPSA) is 3.24 Å². The van der Waals surface area contributed by atoms with Crippen molar-refractivity contribution >= 4 is 15.9 Å². The molecule has 1 heterocycles. The summed E-state index contributed by atoms with van der Waals surface area (Å²) in [5.74, 6) is -0.102. The molecule has 0 N–H and O–H groups in total. The Morgan fingerprint density at radius 1 is 1.38 bits per heavy atom. The van der Waals surface area contributed by atoms with Crippen LogP contribution in [0.25, 0.3) is 0 Å². The third kappa shape index (κ3) is 2.09. The van der Waals surface area contributed by atoms with Gasteiger partial charge in [-0.2, -0.15) is 0 Å². The normalized spacial score (nSPS) is 17.1. The molecule has 0 aromatic heterocycles. The van der Waals surface area contributed by atoms with Crippen molar-refractivity contribution in [3.8, 4) is 0 Å². The maximum atomic E-state index is 13.2. The minimum atomic E-state index is -0.102. The number of benzene rings is 1. The number of nitrogens with zero attached hydrogens (tertiary/aromatic N) is 1. The van der Waals surface area contributed by atoms with E-state index in [9.17, 15) is 4.39 Å². The minimum Gasteiger partial charge on any atom is -0.299 e. The molecule has 0 amide bonds. The summed E-state index contributed by atoms with van der Waals surface area (Å²) < 4.78 is 14.2. The Morgan fingerprint density at radius 2 is 2.15 bits per heavy atom. The zero-order chi connectivity index (χ0) is 9.26. The van der Waals surface area contributed by atoms with Crippen molar-refractivity contribution in [3.05, 3.63) is 34.1 Å². The predicted molar refractivity (Wildman–Crippen MR) is 54.0 cm³/mol. The minimum absolute atomic E-state index is 0.102. The van der Waals surface area contributed by atoms with E-state index in [0.717, 1.165) is 29.7 Å². The lowest BCUT2D eigenvalue weighted by molar-refractivity contribution is 0.170. The lowest BCUT2D eigenvalue weighted by Gasteiger charge is -2.30. The fourth-order valence-corrected chi connectivity index (χ4v) is 1.85. The van der Waals surface area contributed by atoms with Crippen LogP contribution >= 0.6 is 15.9 Å². The van der Waals surface area contributed by atoms with E-state index in [1.807, 2.05) is 6.07 Å². The molecule has 70 valence electrons.